The zero-order valence-corrected chi connectivity index (χ0v) is 7.90. The minimum Gasteiger partial charge on any atom is -0.354 e. The normalized spacial score (nSPS) is 23.2. The number of pyridine rings is 1. The van der Waals surface area contributed by atoms with E-state index < -0.39 is 0 Å². The molecule has 1 saturated heterocycles. The Morgan fingerprint density at radius 1 is 1.54 bits per heavy atom. The maximum Gasteiger partial charge on any atom is 0.128 e. The van der Waals surface area contributed by atoms with Crippen LogP contribution in [-0.2, 0) is 0 Å². The lowest BCUT2D eigenvalue weighted by Gasteiger charge is -2.32. The Hall–Kier alpha value is -1.09. The summed E-state index contributed by atoms with van der Waals surface area (Å²) in [7, 11) is 0. The highest BCUT2D eigenvalue weighted by molar-refractivity contribution is 5.38. The quantitative estimate of drug-likeness (QED) is 0.690. The van der Waals surface area contributed by atoms with E-state index in [0.29, 0.717) is 6.04 Å². The van der Waals surface area contributed by atoms with Gasteiger partial charge in [-0.1, -0.05) is 6.07 Å². The first kappa shape index (κ1) is 8.51. The molecule has 2 rings (SSSR count). The second-order valence-corrected chi connectivity index (χ2v) is 3.49. The van der Waals surface area contributed by atoms with Crippen LogP contribution < -0.4 is 10.2 Å². The third-order valence-corrected chi connectivity index (χ3v) is 2.34. The van der Waals surface area contributed by atoms with Gasteiger partial charge in [-0.25, -0.2) is 4.98 Å². The third-order valence-electron chi connectivity index (χ3n) is 2.34. The minimum absolute atomic E-state index is 0.566. The molecule has 1 aromatic heterocycles. The van der Waals surface area contributed by atoms with Crippen molar-refractivity contribution in [2.45, 2.75) is 13.0 Å². The lowest BCUT2D eigenvalue weighted by atomic mass is 10.2. The summed E-state index contributed by atoms with van der Waals surface area (Å²) in [5.74, 6) is 1.09. The molecule has 0 radical (unpaired) electrons. The summed E-state index contributed by atoms with van der Waals surface area (Å²) in [6.45, 7) is 5.37. The van der Waals surface area contributed by atoms with Crippen molar-refractivity contribution in [1.29, 1.82) is 0 Å². The predicted octanol–water partition coefficient (Wildman–Crippen LogP) is 0.880. The van der Waals surface area contributed by atoms with Crippen molar-refractivity contribution in [3.8, 4) is 0 Å². The second-order valence-electron chi connectivity index (χ2n) is 3.49. The van der Waals surface area contributed by atoms with E-state index in [0.717, 1.165) is 25.5 Å². The molecule has 1 aliphatic rings. The summed E-state index contributed by atoms with van der Waals surface area (Å²) in [5.41, 5.74) is 0. The van der Waals surface area contributed by atoms with Gasteiger partial charge in [0.2, 0.25) is 0 Å². The van der Waals surface area contributed by atoms with Crippen molar-refractivity contribution in [3.63, 3.8) is 0 Å². The predicted molar refractivity (Wildman–Crippen MR) is 53.9 cm³/mol. The topological polar surface area (TPSA) is 28.2 Å². The molecule has 1 aliphatic heterocycles. The van der Waals surface area contributed by atoms with Gasteiger partial charge in [-0.2, -0.15) is 0 Å². The average Bonchev–Trinajstić information content (AvgIpc) is 2.19. The molecule has 3 heteroatoms. The Morgan fingerprint density at radius 3 is 3.15 bits per heavy atom. The number of nitrogens with zero attached hydrogens (tertiary/aromatic N) is 2. The monoisotopic (exact) mass is 177 g/mol. The lowest BCUT2D eigenvalue weighted by Crippen LogP contribution is -2.49. The number of rotatable bonds is 1. The highest BCUT2D eigenvalue weighted by Gasteiger charge is 2.15. The van der Waals surface area contributed by atoms with E-state index in [4.69, 9.17) is 0 Å². The van der Waals surface area contributed by atoms with E-state index >= 15 is 0 Å². The number of anilines is 1. The fourth-order valence-electron chi connectivity index (χ4n) is 1.68. The van der Waals surface area contributed by atoms with E-state index in [9.17, 15) is 0 Å². The van der Waals surface area contributed by atoms with Crippen LogP contribution in [0.2, 0.25) is 0 Å². The highest BCUT2D eigenvalue weighted by Crippen LogP contribution is 2.10. The average molecular weight is 177 g/mol. The molecule has 0 unspecified atom stereocenters. The fourth-order valence-corrected chi connectivity index (χ4v) is 1.68. The number of hydrogen-bond acceptors (Lipinski definition) is 3. The van der Waals surface area contributed by atoms with Crippen LogP contribution in [0.5, 0.6) is 0 Å². The van der Waals surface area contributed by atoms with Gasteiger partial charge < -0.3 is 10.2 Å². The summed E-state index contributed by atoms with van der Waals surface area (Å²) in [5, 5.41) is 3.41. The molecule has 1 aromatic rings. The zero-order valence-electron chi connectivity index (χ0n) is 7.90. The molecule has 13 heavy (non-hydrogen) atoms. The molecule has 3 nitrogen and oxygen atoms in total. The first-order valence-corrected chi connectivity index (χ1v) is 4.75. The van der Waals surface area contributed by atoms with E-state index in [1.54, 1.807) is 0 Å². The lowest BCUT2D eigenvalue weighted by molar-refractivity contribution is 0.482. The van der Waals surface area contributed by atoms with E-state index in [1.807, 2.05) is 18.3 Å². The SMILES string of the molecule is C[C@H]1CN(c2ccccn2)CCN1. The van der Waals surface area contributed by atoms with Gasteiger partial charge >= 0.3 is 0 Å². The Kier molecular flexibility index (Phi) is 2.45. The summed E-state index contributed by atoms with van der Waals surface area (Å²) in [6.07, 6.45) is 1.85. The van der Waals surface area contributed by atoms with Gasteiger partial charge in [0, 0.05) is 31.9 Å². The third kappa shape index (κ3) is 1.98. The van der Waals surface area contributed by atoms with Gasteiger partial charge in [0.25, 0.3) is 0 Å². The standard InChI is InChI=1S/C10H15N3/c1-9-8-13(7-6-11-9)10-4-2-3-5-12-10/h2-5,9,11H,6-8H2,1H3/t9-/m0/s1. The molecular formula is C10H15N3. The summed E-state index contributed by atoms with van der Waals surface area (Å²) >= 11 is 0. The minimum atomic E-state index is 0.566. The first-order valence-electron chi connectivity index (χ1n) is 4.75. The van der Waals surface area contributed by atoms with Crippen LogP contribution in [0.4, 0.5) is 5.82 Å². The fraction of sp³-hybridized carbons (Fsp3) is 0.500. The van der Waals surface area contributed by atoms with Crippen LogP contribution in [0, 0.1) is 0 Å². The largest absolute Gasteiger partial charge is 0.354 e. The highest BCUT2D eigenvalue weighted by atomic mass is 15.2. The van der Waals surface area contributed by atoms with Crippen molar-refractivity contribution >= 4 is 5.82 Å². The van der Waals surface area contributed by atoms with Gasteiger partial charge in [0.05, 0.1) is 0 Å². The number of piperazine rings is 1. The van der Waals surface area contributed by atoms with Gasteiger partial charge in [0.1, 0.15) is 5.82 Å². The maximum atomic E-state index is 4.34. The molecule has 1 fully saturated rings. The molecular weight excluding hydrogens is 162 g/mol. The van der Waals surface area contributed by atoms with Gasteiger partial charge in [-0.05, 0) is 19.1 Å². The molecule has 1 atom stereocenters. The number of nitrogens with one attached hydrogen (secondary N) is 1. The molecule has 0 amide bonds. The zero-order chi connectivity index (χ0) is 9.10. The van der Waals surface area contributed by atoms with Crippen LogP contribution in [0.25, 0.3) is 0 Å². The van der Waals surface area contributed by atoms with E-state index in [2.05, 4.69) is 28.2 Å². The van der Waals surface area contributed by atoms with Crippen LogP contribution in [0.3, 0.4) is 0 Å². The maximum absolute atomic E-state index is 4.34. The van der Waals surface area contributed by atoms with E-state index in [1.165, 1.54) is 0 Å². The summed E-state index contributed by atoms with van der Waals surface area (Å²) in [4.78, 5) is 6.66. The van der Waals surface area contributed by atoms with Crippen LogP contribution >= 0.6 is 0 Å². The van der Waals surface area contributed by atoms with Crippen molar-refractivity contribution in [2.75, 3.05) is 24.5 Å². The Morgan fingerprint density at radius 2 is 2.46 bits per heavy atom. The molecule has 0 saturated carbocycles. The van der Waals surface area contributed by atoms with Gasteiger partial charge in [-0.15, -0.1) is 0 Å². The van der Waals surface area contributed by atoms with Crippen molar-refractivity contribution in [3.05, 3.63) is 24.4 Å². The van der Waals surface area contributed by atoms with Crippen LogP contribution in [0.1, 0.15) is 6.92 Å². The Balaban J connectivity index is 2.08. The molecule has 0 spiro atoms. The van der Waals surface area contributed by atoms with E-state index in [-0.39, 0.29) is 0 Å². The Bertz CT molecular complexity index is 260. The molecule has 0 bridgehead atoms. The molecule has 0 aliphatic carbocycles. The smallest absolute Gasteiger partial charge is 0.128 e. The van der Waals surface area contributed by atoms with Crippen LogP contribution in [-0.4, -0.2) is 30.7 Å². The molecule has 70 valence electrons. The molecule has 2 heterocycles. The van der Waals surface area contributed by atoms with Crippen molar-refractivity contribution < 1.29 is 0 Å². The summed E-state index contributed by atoms with van der Waals surface area (Å²) in [6, 6.07) is 6.62. The van der Waals surface area contributed by atoms with Gasteiger partial charge in [0.15, 0.2) is 0 Å². The van der Waals surface area contributed by atoms with Crippen molar-refractivity contribution in [2.24, 2.45) is 0 Å². The van der Waals surface area contributed by atoms with Gasteiger partial charge in [-0.3, -0.25) is 0 Å². The van der Waals surface area contributed by atoms with Crippen molar-refractivity contribution in [1.82, 2.24) is 10.3 Å². The first-order chi connectivity index (χ1) is 6.36. The van der Waals surface area contributed by atoms with Crippen LogP contribution in [0.15, 0.2) is 24.4 Å². The number of hydrogen-bond donors (Lipinski definition) is 1. The summed E-state index contributed by atoms with van der Waals surface area (Å²) < 4.78 is 0. The Labute approximate surface area is 78.8 Å². The molecule has 0 aromatic carbocycles. The molecule has 1 N–H and O–H groups in total. The second kappa shape index (κ2) is 3.75. The number of aromatic nitrogens is 1.